The first-order chi connectivity index (χ1) is 18.3. The Kier molecular flexibility index (Phi) is 6.17. The van der Waals surface area contributed by atoms with Crippen molar-refractivity contribution in [2.75, 3.05) is 7.11 Å². The summed E-state index contributed by atoms with van der Waals surface area (Å²) in [6, 6.07) is 17.5. The van der Waals surface area contributed by atoms with Crippen LogP contribution in [0.4, 0.5) is 4.39 Å². The molecule has 1 saturated carbocycles. The molecule has 2 atom stereocenters. The number of allylic oxidation sites excluding steroid dienone is 2. The molecular formula is C34H35FO3. The minimum absolute atomic E-state index is 0.00969. The van der Waals surface area contributed by atoms with Crippen LogP contribution in [0.25, 0.3) is 16.7 Å². The van der Waals surface area contributed by atoms with Gasteiger partial charge in [-0.05, 0) is 114 Å². The van der Waals surface area contributed by atoms with E-state index in [2.05, 4.69) is 44.2 Å². The van der Waals surface area contributed by atoms with Gasteiger partial charge in [0, 0.05) is 16.9 Å². The predicted molar refractivity (Wildman–Crippen MR) is 149 cm³/mol. The van der Waals surface area contributed by atoms with Crippen LogP contribution < -0.4 is 9.47 Å². The lowest BCUT2D eigenvalue weighted by Crippen LogP contribution is -2.43. The molecule has 1 spiro atoms. The van der Waals surface area contributed by atoms with E-state index in [4.69, 9.17) is 9.47 Å². The van der Waals surface area contributed by atoms with Gasteiger partial charge in [0.15, 0.2) is 0 Å². The van der Waals surface area contributed by atoms with Crippen molar-refractivity contribution in [1.29, 1.82) is 0 Å². The van der Waals surface area contributed by atoms with Crippen molar-refractivity contribution < 1.29 is 18.7 Å². The molecule has 0 aromatic heterocycles. The van der Waals surface area contributed by atoms with E-state index in [0.717, 1.165) is 67.3 Å². The Bertz CT molecular complexity index is 1440. The molecule has 3 aliphatic rings. The Labute approximate surface area is 224 Å². The zero-order valence-corrected chi connectivity index (χ0v) is 22.5. The standard InChI is InChI=1S/C34H35FO3/c1-33(2)14-4-5-30(33)28-17-22(6-10-27(28)29-18-25(37-3)9-11-32(29)35)21-38-26-8-7-23-12-15-34(31(23)19-26)16-13-24(34)20-36/h5-11,17-20,24H,4,12-16,21H2,1-3H3/t24-,34+/m1/s1. The van der Waals surface area contributed by atoms with Crippen molar-refractivity contribution in [3.8, 4) is 22.6 Å². The summed E-state index contributed by atoms with van der Waals surface area (Å²) in [5.74, 6) is 1.35. The van der Waals surface area contributed by atoms with Gasteiger partial charge in [-0.25, -0.2) is 4.39 Å². The molecule has 0 bridgehead atoms. The second kappa shape index (κ2) is 9.41. The van der Waals surface area contributed by atoms with Crippen LogP contribution in [0, 0.1) is 17.2 Å². The van der Waals surface area contributed by atoms with Crippen LogP contribution in [0.3, 0.4) is 0 Å². The molecular weight excluding hydrogens is 475 g/mol. The number of benzene rings is 3. The van der Waals surface area contributed by atoms with Crippen LogP contribution in [0.15, 0.2) is 60.7 Å². The number of rotatable bonds is 7. The minimum atomic E-state index is -0.260. The lowest BCUT2D eigenvalue weighted by Gasteiger charge is -2.45. The molecule has 0 heterocycles. The van der Waals surface area contributed by atoms with Crippen molar-refractivity contribution in [1.82, 2.24) is 0 Å². The molecule has 1 fully saturated rings. The summed E-state index contributed by atoms with van der Waals surface area (Å²) < 4.78 is 26.8. The zero-order valence-electron chi connectivity index (χ0n) is 22.5. The number of fused-ring (bicyclic) bond motifs is 2. The smallest absolute Gasteiger partial charge is 0.131 e. The molecule has 196 valence electrons. The van der Waals surface area contributed by atoms with E-state index in [0.29, 0.717) is 17.9 Å². The van der Waals surface area contributed by atoms with Crippen LogP contribution in [-0.4, -0.2) is 13.4 Å². The maximum absolute atomic E-state index is 15.1. The molecule has 6 rings (SSSR count). The first-order valence-electron chi connectivity index (χ1n) is 13.7. The van der Waals surface area contributed by atoms with Crippen molar-refractivity contribution in [2.45, 2.75) is 64.4 Å². The van der Waals surface area contributed by atoms with Gasteiger partial charge >= 0.3 is 0 Å². The van der Waals surface area contributed by atoms with E-state index in [-0.39, 0.29) is 22.6 Å². The molecule has 3 aromatic rings. The Morgan fingerprint density at radius 2 is 1.79 bits per heavy atom. The number of hydrogen-bond acceptors (Lipinski definition) is 3. The SMILES string of the molecule is COc1ccc(F)c(-c2ccc(COc3ccc4c(c3)[C@@]3(CC4)CC[C@@H]3C=O)cc2C2=CCCC2(C)C)c1. The summed E-state index contributed by atoms with van der Waals surface area (Å²) in [5, 5.41) is 0. The van der Waals surface area contributed by atoms with Crippen molar-refractivity contribution in [3.63, 3.8) is 0 Å². The van der Waals surface area contributed by atoms with Gasteiger partial charge in [0.1, 0.15) is 30.2 Å². The second-order valence-electron chi connectivity index (χ2n) is 11.8. The average Bonchev–Trinajstić information content (AvgIpc) is 3.48. The van der Waals surface area contributed by atoms with Gasteiger partial charge in [-0.3, -0.25) is 0 Å². The molecule has 0 amide bonds. The topological polar surface area (TPSA) is 35.5 Å². The fourth-order valence-corrected chi connectivity index (χ4v) is 6.93. The molecule has 0 aliphatic heterocycles. The van der Waals surface area contributed by atoms with Gasteiger partial charge in [-0.2, -0.15) is 0 Å². The Balaban J connectivity index is 1.32. The van der Waals surface area contributed by atoms with Gasteiger partial charge < -0.3 is 14.3 Å². The number of hydrogen-bond donors (Lipinski definition) is 0. The molecule has 3 aliphatic carbocycles. The summed E-state index contributed by atoms with van der Waals surface area (Å²) >= 11 is 0. The van der Waals surface area contributed by atoms with Crippen molar-refractivity contribution >= 4 is 11.9 Å². The maximum atomic E-state index is 15.1. The second-order valence-corrected chi connectivity index (χ2v) is 11.8. The number of carbonyl (C=O) groups is 1. The first kappa shape index (κ1) is 24.9. The summed E-state index contributed by atoms with van der Waals surface area (Å²) in [6.07, 6.45) is 9.71. The van der Waals surface area contributed by atoms with Gasteiger partial charge in [0.2, 0.25) is 0 Å². The summed E-state index contributed by atoms with van der Waals surface area (Å²) in [5.41, 5.74) is 7.45. The zero-order chi connectivity index (χ0) is 26.5. The largest absolute Gasteiger partial charge is 0.497 e. The molecule has 0 unspecified atom stereocenters. The Morgan fingerprint density at radius 1 is 0.947 bits per heavy atom. The van der Waals surface area contributed by atoms with Crippen LogP contribution in [0.1, 0.15) is 68.2 Å². The van der Waals surface area contributed by atoms with E-state index in [1.165, 1.54) is 22.8 Å². The normalized spacial score (nSPS) is 23.1. The highest BCUT2D eigenvalue weighted by molar-refractivity contribution is 5.85. The fraction of sp³-hybridized carbons (Fsp3) is 0.382. The fourth-order valence-electron chi connectivity index (χ4n) is 6.93. The highest BCUT2D eigenvalue weighted by atomic mass is 19.1. The van der Waals surface area contributed by atoms with E-state index in [9.17, 15) is 4.79 Å². The molecule has 38 heavy (non-hydrogen) atoms. The number of ether oxygens (including phenoxy) is 2. The molecule has 0 N–H and O–H groups in total. The van der Waals surface area contributed by atoms with E-state index >= 15 is 4.39 Å². The molecule has 0 saturated heterocycles. The Hall–Kier alpha value is -3.40. The lowest BCUT2D eigenvalue weighted by atomic mass is 9.58. The summed E-state index contributed by atoms with van der Waals surface area (Å²) in [4.78, 5) is 11.7. The van der Waals surface area contributed by atoms with Crippen LogP contribution >= 0.6 is 0 Å². The maximum Gasteiger partial charge on any atom is 0.131 e. The Morgan fingerprint density at radius 3 is 2.50 bits per heavy atom. The molecule has 0 radical (unpaired) electrons. The van der Waals surface area contributed by atoms with E-state index in [1.54, 1.807) is 19.2 Å². The minimum Gasteiger partial charge on any atom is -0.497 e. The predicted octanol–water partition coefficient (Wildman–Crippen LogP) is 8.08. The molecule has 3 nitrogen and oxygen atoms in total. The van der Waals surface area contributed by atoms with E-state index < -0.39 is 0 Å². The number of halogens is 1. The molecule has 3 aromatic carbocycles. The van der Waals surface area contributed by atoms with Crippen LogP contribution in [-0.2, 0) is 23.2 Å². The number of aldehydes is 1. The number of methoxy groups -OCH3 is 1. The highest BCUT2D eigenvalue weighted by Gasteiger charge is 2.51. The van der Waals surface area contributed by atoms with Crippen LogP contribution in [0.2, 0.25) is 0 Å². The summed E-state index contributed by atoms with van der Waals surface area (Å²) in [7, 11) is 1.60. The average molecular weight is 511 g/mol. The quantitative estimate of drug-likeness (QED) is 0.302. The van der Waals surface area contributed by atoms with Gasteiger partial charge in [-0.1, -0.05) is 38.1 Å². The first-order valence-corrected chi connectivity index (χ1v) is 13.7. The van der Waals surface area contributed by atoms with Crippen LogP contribution in [0.5, 0.6) is 11.5 Å². The van der Waals surface area contributed by atoms with Gasteiger partial charge in [-0.15, -0.1) is 0 Å². The van der Waals surface area contributed by atoms with Crippen molar-refractivity contribution in [2.24, 2.45) is 11.3 Å². The third-order valence-electron chi connectivity index (χ3n) is 9.32. The van der Waals surface area contributed by atoms with E-state index in [1.807, 2.05) is 12.1 Å². The molecule has 4 heteroatoms. The number of aryl methyl sites for hydroxylation is 1. The number of carbonyl (C=O) groups excluding carboxylic acids is 1. The van der Waals surface area contributed by atoms with Crippen molar-refractivity contribution in [3.05, 3.63) is 88.7 Å². The lowest BCUT2D eigenvalue weighted by molar-refractivity contribution is -0.116. The van der Waals surface area contributed by atoms with Gasteiger partial charge in [0.05, 0.1) is 7.11 Å². The summed E-state index contributed by atoms with van der Waals surface area (Å²) in [6.45, 7) is 4.94. The van der Waals surface area contributed by atoms with Gasteiger partial charge in [0.25, 0.3) is 0 Å². The highest BCUT2D eigenvalue weighted by Crippen LogP contribution is 2.56. The third-order valence-corrected chi connectivity index (χ3v) is 9.32. The third kappa shape index (κ3) is 4.05. The monoisotopic (exact) mass is 510 g/mol.